The van der Waals surface area contributed by atoms with Gasteiger partial charge in [-0.3, -0.25) is 9.59 Å². The summed E-state index contributed by atoms with van der Waals surface area (Å²) in [6, 6.07) is 7.39. The van der Waals surface area contributed by atoms with E-state index >= 15 is 0 Å². The molecule has 5 nitrogen and oxygen atoms in total. The van der Waals surface area contributed by atoms with Crippen molar-refractivity contribution in [3.05, 3.63) is 35.4 Å². The third-order valence-electron chi connectivity index (χ3n) is 3.35. The highest BCUT2D eigenvalue weighted by Gasteiger charge is 2.21. The lowest BCUT2D eigenvalue weighted by Gasteiger charge is -2.28. The summed E-state index contributed by atoms with van der Waals surface area (Å²) < 4.78 is 5.21. The SMILES string of the molecule is Cc1cccc(C(=O)N(C)CC(=O)N2CCOCC2)c1. The number of rotatable bonds is 3. The molecular weight excluding hydrogens is 256 g/mol. The van der Waals surface area contributed by atoms with E-state index in [1.165, 1.54) is 4.90 Å². The van der Waals surface area contributed by atoms with Gasteiger partial charge >= 0.3 is 0 Å². The first-order valence-corrected chi connectivity index (χ1v) is 6.75. The lowest BCUT2D eigenvalue weighted by molar-refractivity contribution is -0.135. The number of carbonyl (C=O) groups is 2. The van der Waals surface area contributed by atoms with Crippen LogP contribution in [0.5, 0.6) is 0 Å². The van der Waals surface area contributed by atoms with E-state index < -0.39 is 0 Å². The van der Waals surface area contributed by atoms with Gasteiger partial charge in [-0.05, 0) is 19.1 Å². The van der Waals surface area contributed by atoms with Crippen molar-refractivity contribution < 1.29 is 14.3 Å². The van der Waals surface area contributed by atoms with E-state index in [2.05, 4.69) is 0 Å². The number of hydrogen-bond donors (Lipinski definition) is 0. The maximum Gasteiger partial charge on any atom is 0.254 e. The van der Waals surface area contributed by atoms with Gasteiger partial charge in [0.1, 0.15) is 0 Å². The van der Waals surface area contributed by atoms with Gasteiger partial charge in [0.05, 0.1) is 19.8 Å². The Labute approximate surface area is 119 Å². The van der Waals surface area contributed by atoms with Crippen LogP contribution in [0.4, 0.5) is 0 Å². The molecule has 2 amide bonds. The maximum atomic E-state index is 12.2. The average Bonchev–Trinajstić information content (AvgIpc) is 2.47. The number of ether oxygens (including phenoxy) is 1. The predicted molar refractivity (Wildman–Crippen MR) is 75.5 cm³/mol. The fourth-order valence-corrected chi connectivity index (χ4v) is 2.19. The van der Waals surface area contributed by atoms with Crippen molar-refractivity contribution in [2.24, 2.45) is 0 Å². The molecule has 1 aliphatic rings. The molecule has 20 heavy (non-hydrogen) atoms. The van der Waals surface area contributed by atoms with Gasteiger partial charge in [0.25, 0.3) is 5.91 Å². The third kappa shape index (κ3) is 3.57. The highest BCUT2D eigenvalue weighted by atomic mass is 16.5. The quantitative estimate of drug-likeness (QED) is 0.825. The molecule has 0 aromatic heterocycles. The van der Waals surface area contributed by atoms with Crippen molar-refractivity contribution in [2.75, 3.05) is 39.9 Å². The van der Waals surface area contributed by atoms with Crippen molar-refractivity contribution in [2.45, 2.75) is 6.92 Å². The number of hydrogen-bond acceptors (Lipinski definition) is 3. The smallest absolute Gasteiger partial charge is 0.254 e. The summed E-state index contributed by atoms with van der Waals surface area (Å²) in [5.41, 5.74) is 1.64. The van der Waals surface area contributed by atoms with Gasteiger partial charge in [-0.15, -0.1) is 0 Å². The van der Waals surface area contributed by atoms with Gasteiger partial charge in [-0.1, -0.05) is 17.7 Å². The number of morpholine rings is 1. The van der Waals surface area contributed by atoms with E-state index in [4.69, 9.17) is 4.74 Å². The molecule has 0 spiro atoms. The first kappa shape index (κ1) is 14.5. The molecule has 2 rings (SSSR count). The van der Waals surface area contributed by atoms with Crippen LogP contribution < -0.4 is 0 Å². The molecular formula is C15H20N2O3. The molecule has 1 aliphatic heterocycles. The highest BCUT2D eigenvalue weighted by molar-refractivity contribution is 5.96. The van der Waals surface area contributed by atoms with Gasteiger partial charge in [-0.2, -0.15) is 0 Å². The van der Waals surface area contributed by atoms with Crippen molar-refractivity contribution >= 4 is 11.8 Å². The van der Waals surface area contributed by atoms with Crippen LogP contribution >= 0.6 is 0 Å². The molecule has 5 heteroatoms. The molecule has 0 N–H and O–H groups in total. The van der Waals surface area contributed by atoms with Crippen LogP contribution in [0.15, 0.2) is 24.3 Å². The van der Waals surface area contributed by atoms with Crippen molar-refractivity contribution in [3.8, 4) is 0 Å². The zero-order valence-corrected chi connectivity index (χ0v) is 12.0. The molecule has 108 valence electrons. The normalized spacial score (nSPS) is 15.0. The largest absolute Gasteiger partial charge is 0.378 e. The highest BCUT2D eigenvalue weighted by Crippen LogP contribution is 2.07. The molecule has 0 bridgehead atoms. The molecule has 0 unspecified atom stereocenters. The molecule has 1 fully saturated rings. The monoisotopic (exact) mass is 276 g/mol. The summed E-state index contributed by atoms with van der Waals surface area (Å²) >= 11 is 0. The van der Waals surface area contributed by atoms with Crippen molar-refractivity contribution in [1.29, 1.82) is 0 Å². The van der Waals surface area contributed by atoms with Gasteiger partial charge in [0, 0.05) is 25.7 Å². The lowest BCUT2D eigenvalue weighted by Crippen LogP contribution is -2.46. The average molecular weight is 276 g/mol. The second-order valence-corrected chi connectivity index (χ2v) is 5.02. The van der Waals surface area contributed by atoms with E-state index in [0.717, 1.165) is 5.56 Å². The van der Waals surface area contributed by atoms with Gasteiger partial charge in [0.15, 0.2) is 0 Å². The van der Waals surface area contributed by atoms with Gasteiger partial charge in [0.2, 0.25) is 5.91 Å². The van der Waals surface area contributed by atoms with Crippen LogP contribution in [-0.4, -0.2) is 61.5 Å². The number of carbonyl (C=O) groups excluding carboxylic acids is 2. The van der Waals surface area contributed by atoms with Crippen LogP contribution in [-0.2, 0) is 9.53 Å². The second kappa shape index (κ2) is 6.52. The first-order chi connectivity index (χ1) is 9.58. The van der Waals surface area contributed by atoms with Crippen LogP contribution in [0.3, 0.4) is 0 Å². The second-order valence-electron chi connectivity index (χ2n) is 5.02. The predicted octanol–water partition coefficient (Wildman–Crippen LogP) is 0.926. The molecule has 0 radical (unpaired) electrons. The maximum absolute atomic E-state index is 12.2. The first-order valence-electron chi connectivity index (χ1n) is 6.75. The fourth-order valence-electron chi connectivity index (χ4n) is 2.19. The molecule has 0 atom stereocenters. The number of amides is 2. The Morgan fingerprint density at radius 3 is 2.65 bits per heavy atom. The number of benzene rings is 1. The summed E-state index contributed by atoms with van der Waals surface area (Å²) in [6.07, 6.45) is 0. The van der Waals surface area contributed by atoms with Crippen molar-refractivity contribution in [1.82, 2.24) is 9.80 Å². The Balaban J connectivity index is 1.95. The molecule has 1 aromatic carbocycles. The summed E-state index contributed by atoms with van der Waals surface area (Å²) in [5.74, 6) is -0.160. The number of nitrogens with zero attached hydrogens (tertiary/aromatic N) is 2. The minimum absolute atomic E-state index is 0.0307. The van der Waals surface area contributed by atoms with Gasteiger partial charge in [-0.25, -0.2) is 0 Å². The molecule has 0 saturated carbocycles. The molecule has 0 aliphatic carbocycles. The minimum Gasteiger partial charge on any atom is -0.378 e. The van der Waals surface area contributed by atoms with Crippen molar-refractivity contribution in [3.63, 3.8) is 0 Å². The van der Waals surface area contributed by atoms with Crippen LogP contribution in [0.1, 0.15) is 15.9 Å². The zero-order chi connectivity index (χ0) is 14.5. The topological polar surface area (TPSA) is 49.9 Å². The minimum atomic E-state index is -0.129. The zero-order valence-electron chi connectivity index (χ0n) is 12.0. The molecule has 1 heterocycles. The van der Waals surface area contributed by atoms with Crippen LogP contribution in [0.25, 0.3) is 0 Å². The Bertz CT molecular complexity index is 496. The Hall–Kier alpha value is -1.88. The third-order valence-corrected chi connectivity index (χ3v) is 3.35. The number of aryl methyl sites for hydroxylation is 1. The Morgan fingerprint density at radius 2 is 2.00 bits per heavy atom. The Kier molecular flexibility index (Phi) is 4.74. The van der Waals surface area contributed by atoms with E-state index in [9.17, 15) is 9.59 Å². The molecule has 1 saturated heterocycles. The number of likely N-dealkylation sites (N-methyl/N-ethyl adjacent to an activating group) is 1. The summed E-state index contributed by atoms with van der Waals surface area (Å²) in [6.45, 7) is 4.39. The standard InChI is InChI=1S/C15H20N2O3/c1-12-4-3-5-13(10-12)15(19)16(2)11-14(18)17-6-8-20-9-7-17/h3-5,10H,6-9,11H2,1-2H3. The van der Waals surface area contributed by atoms with E-state index in [-0.39, 0.29) is 18.4 Å². The van der Waals surface area contributed by atoms with E-state index in [1.807, 2.05) is 25.1 Å². The van der Waals surface area contributed by atoms with E-state index in [1.54, 1.807) is 18.0 Å². The summed E-state index contributed by atoms with van der Waals surface area (Å²) in [5, 5.41) is 0. The van der Waals surface area contributed by atoms with Crippen LogP contribution in [0.2, 0.25) is 0 Å². The molecule has 1 aromatic rings. The van der Waals surface area contributed by atoms with E-state index in [0.29, 0.717) is 31.9 Å². The van der Waals surface area contributed by atoms with Gasteiger partial charge < -0.3 is 14.5 Å². The lowest BCUT2D eigenvalue weighted by atomic mass is 10.1. The fraction of sp³-hybridized carbons (Fsp3) is 0.467. The van der Waals surface area contributed by atoms with Crippen LogP contribution in [0, 0.1) is 6.92 Å². The summed E-state index contributed by atoms with van der Waals surface area (Å²) in [7, 11) is 1.66. The summed E-state index contributed by atoms with van der Waals surface area (Å²) in [4.78, 5) is 27.5. The Morgan fingerprint density at radius 1 is 1.30 bits per heavy atom.